The predicted molar refractivity (Wildman–Crippen MR) is 88.4 cm³/mol. The SMILES string of the molecule is Cc1ccc(N(C)C(=O)C2(CN)CCC(C)CC2)c(C)c1. The van der Waals surface area contributed by atoms with Gasteiger partial charge in [-0.25, -0.2) is 0 Å². The second kappa shape index (κ2) is 6.18. The fourth-order valence-corrected chi connectivity index (χ4v) is 3.47. The summed E-state index contributed by atoms with van der Waals surface area (Å²) in [6, 6.07) is 6.22. The van der Waals surface area contributed by atoms with Crippen LogP contribution in [0.4, 0.5) is 5.69 Å². The molecule has 21 heavy (non-hydrogen) atoms. The minimum atomic E-state index is -0.363. The lowest BCUT2D eigenvalue weighted by molar-refractivity contribution is -0.129. The molecule has 1 aliphatic rings. The number of nitrogens with two attached hydrogens (primary N) is 1. The Labute approximate surface area is 128 Å². The van der Waals surface area contributed by atoms with E-state index in [9.17, 15) is 4.79 Å². The maximum absolute atomic E-state index is 13.0. The van der Waals surface area contributed by atoms with Gasteiger partial charge in [0.2, 0.25) is 5.91 Å². The Morgan fingerprint density at radius 1 is 1.33 bits per heavy atom. The maximum Gasteiger partial charge on any atom is 0.234 e. The van der Waals surface area contributed by atoms with E-state index in [0.717, 1.165) is 36.9 Å². The van der Waals surface area contributed by atoms with Crippen LogP contribution in [-0.2, 0) is 4.79 Å². The van der Waals surface area contributed by atoms with Crippen LogP contribution in [0.3, 0.4) is 0 Å². The topological polar surface area (TPSA) is 46.3 Å². The van der Waals surface area contributed by atoms with E-state index in [4.69, 9.17) is 5.73 Å². The fourth-order valence-electron chi connectivity index (χ4n) is 3.47. The molecule has 1 saturated carbocycles. The van der Waals surface area contributed by atoms with Crippen molar-refractivity contribution in [2.24, 2.45) is 17.1 Å². The van der Waals surface area contributed by atoms with Crippen molar-refractivity contribution in [3.8, 4) is 0 Å². The molecule has 3 heteroatoms. The van der Waals surface area contributed by atoms with Crippen molar-refractivity contribution in [1.29, 1.82) is 0 Å². The summed E-state index contributed by atoms with van der Waals surface area (Å²) in [6.45, 7) is 6.85. The number of amides is 1. The van der Waals surface area contributed by atoms with Gasteiger partial charge < -0.3 is 10.6 Å². The maximum atomic E-state index is 13.0. The molecular weight excluding hydrogens is 260 g/mol. The molecule has 0 aliphatic heterocycles. The van der Waals surface area contributed by atoms with Crippen LogP contribution in [0.15, 0.2) is 18.2 Å². The monoisotopic (exact) mass is 288 g/mol. The zero-order valence-electron chi connectivity index (χ0n) is 13.8. The summed E-state index contributed by atoms with van der Waals surface area (Å²) in [7, 11) is 1.88. The van der Waals surface area contributed by atoms with E-state index in [1.54, 1.807) is 0 Å². The Morgan fingerprint density at radius 2 is 1.95 bits per heavy atom. The standard InChI is InChI=1S/C18H28N2O/c1-13-7-9-18(12-19,10-8-13)17(21)20(4)16-6-5-14(2)11-15(16)3/h5-6,11,13H,7-10,12,19H2,1-4H3. The highest BCUT2D eigenvalue weighted by atomic mass is 16.2. The van der Waals surface area contributed by atoms with Crippen molar-refractivity contribution in [2.75, 3.05) is 18.5 Å². The van der Waals surface area contributed by atoms with Crippen molar-refractivity contribution in [1.82, 2.24) is 0 Å². The smallest absolute Gasteiger partial charge is 0.234 e. The molecule has 0 aromatic heterocycles. The van der Waals surface area contributed by atoms with Crippen LogP contribution in [0.2, 0.25) is 0 Å². The van der Waals surface area contributed by atoms with Crippen LogP contribution < -0.4 is 10.6 Å². The predicted octanol–water partition coefficient (Wildman–Crippen LogP) is 3.42. The number of carbonyl (C=O) groups excluding carboxylic acids is 1. The molecule has 0 saturated heterocycles. The van der Waals surface area contributed by atoms with E-state index >= 15 is 0 Å². The molecule has 0 bridgehead atoms. The van der Waals surface area contributed by atoms with Gasteiger partial charge in [-0.3, -0.25) is 4.79 Å². The number of aryl methyl sites for hydroxylation is 2. The lowest BCUT2D eigenvalue weighted by Crippen LogP contribution is -2.48. The van der Waals surface area contributed by atoms with Crippen molar-refractivity contribution in [3.63, 3.8) is 0 Å². The number of benzene rings is 1. The summed E-state index contributed by atoms with van der Waals surface area (Å²) in [4.78, 5) is 14.9. The Bertz CT molecular complexity index is 516. The summed E-state index contributed by atoms with van der Waals surface area (Å²) >= 11 is 0. The number of carbonyl (C=O) groups is 1. The fraction of sp³-hybridized carbons (Fsp3) is 0.611. The van der Waals surface area contributed by atoms with Gasteiger partial charge in [0.15, 0.2) is 0 Å². The molecule has 0 radical (unpaired) electrons. The summed E-state index contributed by atoms with van der Waals surface area (Å²) in [6.07, 6.45) is 4.03. The van der Waals surface area contributed by atoms with E-state index in [2.05, 4.69) is 32.9 Å². The molecule has 0 heterocycles. The highest BCUT2D eigenvalue weighted by molar-refractivity contribution is 5.98. The van der Waals surface area contributed by atoms with Crippen LogP contribution in [0, 0.1) is 25.2 Å². The molecule has 1 amide bonds. The van der Waals surface area contributed by atoms with E-state index in [0.29, 0.717) is 12.5 Å². The third kappa shape index (κ3) is 3.13. The average Bonchev–Trinajstić information content (AvgIpc) is 2.47. The average molecular weight is 288 g/mol. The van der Waals surface area contributed by atoms with Crippen LogP contribution in [0.1, 0.15) is 43.7 Å². The Hall–Kier alpha value is -1.35. The van der Waals surface area contributed by atoms with Crippen molar-refractivity contribution in [3.05, 3.63) is 29.3 Å². The highest BCUT2D eigenvalue weighted by Gasteiger charge is 2.41. The Morgan fingerprint density at radius 3 is 2.48 bits per heavy atom. The van der Waals surface area contributed by atoms with Crippen LogP contribution in [0.5, 0.6) is 0 Å². The molecule has 1 aromatic carbocycles. The zero-order chi connectivity index (χ0) is 15.6. The second-order valence-corrected chi connectivity index (χ2v) is 6.82. The molecule has 1 aliphatic carbocycles. The second-order valence-electron chi connectivity index (χ2n) is 6.82. The van der Waals surface area contributed by atoms with Crippen LogP contribution in [0.25, 0.3) is 0 Å². The Kier molecular flexibility index (Phi) is 4.72. The first-order chi connectivity index (χ1) is 9.89. The van der Waals surface area contributed by atoms with Gasteiger partial charge in [0.05, 0.1) is 5.41 Å². The van der Waals surface area contributed by atoms with Crippen molar-refractivity contribution < 1.29 is 4.79 Å². The first-order valence-corrected chi connectivity index (χ1v) is 7.95. The molecule has 1 aromatic rings. The molecule has 116 valence electrons. The minimum Gasteiger partial charge on any atom is -0.329 e. The van der Waals surface area contributed by atoms with E-state index in [-0.39, 0.29) is 11.3 Å². The number of rotatable bonds is 3. The van der Waals surface area contributed by atoms with Crippen LogP contribution in [-0.4, -0.2) is 19.5 Å². The molecular formula is C18H28N2O. The lowest BCUT2D eigenvalue weighted by Gasteiger charge is -2.40. The van der Waals surface area contributed by atoms with Gasteiger partial charge in [0.1, 0.15) is 0 Å². The van der Waals surface area contributed by atoms with Crippen molar-refractivity contribution in [2.45, 2.75) is 46.5 Å². The van der Waals surface area contributed by atoms with Gasteiger partial charge in [-0.1, -0.05) is 24.6 Å². The largest absolute Gasteiger partial charge is 0.329 e. The molecule has 2 N–H and O–H groups in total. The summed E-state index contributed by atoms with van der Waals surface area (Å²) in [5.41, 5.74) is 9.01. The summed E-state index contributed by atoms with van der Waals surface area (Å²) < 4.78 is 0. The molecule has 2 rings (SSSR count). The molecule has 1 fully saturated rings. The van der Waals surface area contributed by atoms with Gasteiger partial charge in [-0.05, 0) is 57.1 Å². The number of hydrogen-bond donors (Lipinski definition) is 1. The van der Waals surface area contributed by atoms with E-state index in [1.165, 1.54) is 5.56 Å². The quantitative estimate of drug-likeness (QED) is 0.926. The number of nitrogens with zero attached hydrogens (tertiary/aromatic N) is 1. The van der Waals surface area contributed by atoms with E-state index < -0.39 is 0 Å². The molecule has 0 spiro atoms. The van der Waals surface area contributed by atoms with Gasteiger partial charge in [0.25, 0.3) is 0 Å². The first-order valence-electron chi connectivity index (χ1n) is 7.95. The molecule has 0 unspecified atom stereocenters. The molecule has 3 nitrogen and oxygen atoms in total. The van der Waals surface area contributed by atoms with Gasteiger partial charge in [-0.2, -0.15) is 0 Å². The van der Waals surface area contributed by atoms with Crippen molar-refractivity contribution >= 4 is 11.6 Å². The summed E-state index contributed by atoms with van der Waals surface area (Å²) in [5.74, 6) is 0.896. The van der Waals surface area contributed by atoms with Gasteiger partial charge >= 0.3 is 0 Å². The molecule has 0 atom stereocenters. The van der Waals surface area contributed by atoms with Gasteiger partial charge in [0, 0.05) is 19.3 Å². The third-order valence-electron chi connectivity index (χ3n) is 5.09. The minimum absolute atomic E-state index is 0.184. The first kappa shape index (κ1) is 16.0. The highest BCUT2D eigenvalue weighted by Crippen LogP contribution is 2.40. The lowest BCUT2D eigenvalue weighted by atomic mass is 9.70. The Balaban J connectivity index is 2.25. The normalized spacial score (nSPS) is 25.7. The van der Waals surface area contributed by atoms with Gasteiger partial charge in [-0.15, -0.1) is 0 Å². The summed E-state index contributed by atoms with van der Waals surface area (Å²) in [5, 5.41) is 0. The van der Waals surface area contributed by atoms with Crippen LogP contribution >= 0.6 is 0 Å². The number of hydrogen-bond acceptors (Lipinski definition) is 2. The van der Waals surface area contributed by atoms with E-state index in [1.807, 2.05) is 18.0 Å². The third-order valence-corrected chi connectivity index (χ3v) is 5.09. The zero-order valence-corrected chi connectivity index (χ0v) is 13.8. The number of anilines is 1.